The number of nitrogens with zero attached hydrogens (tertiary/aromatic N) is 2. The van der Waals surface area contributed by atoms with Gasteiger partial charge in [0.15, 0.2) is 0 Å². The Morgan fingerprint density at radius 2 is 1.75 bits per heavy atom. The van der Waals surface area contributed by atoms with Gasteiger partial charge >= 0.3 is 0 Å². The smallest absolute Gasteiger partial charge is 0.119 e. The highest BCUT2D eigenvalue weighted by Gasteiger charge is 2.09. The van der Waals surface area contributed by atoms with E-state index in [1.165, 1.54) is 11.8 Å². The number of nitriles is 1. The Balaban J connectivity index is 1.89. The van der Waals surface area contributed by atoms with Crippen LogP contribution in [0.15, 0.2) is 70.7 Å². The van der Waals surface area contributed by atoms with Crippen LogP contribution in [0.3, 0.4) is 0 Å². The number of hydrogen-bond acceptors (Lipinski definition) is 4. The van der Waals surface area contributed by atoms with Crippen molar-refractivity contribution in [3.8, 4) is 22.9 Å². The summed E-state index contributed by atoms with van der Waals surface area (Å²) in [4.78, 5) is 5.46. The highest BCUT2D eigenvalue weighted by Crippen LogP contribution is 2.32. The molecule has 2 aromatic carbocycles. The average Bonchev–Trinajstić information content (AvgIpc) is 2.63. The van der Waals surface area contributed by atoms with Crippen LogP contribution in [0.5, 0.6) is 5.75 Å². The van der Waals surface area contributed by atoms with Crippen molar-refractivity contribution in [2.45, 2.75) is 9.92 Å². The van der Waals surface area contributed by atoms with Crippen LogP contribution < -0.4 is 4.74 Å². The molecule has 1 heterocycles. The van der Waals surface area contributed by atoms with Gasteiger partial charge in [0.2, 0.25) is 0 Å². The van der Waals surface area contributed by atoms with E-state index >= 15 is 0 Å². The van der Waals surface area contributed by atoms with E-state index in [1.807, 2.05) is 54.6 Å². The lowest BCUT2D eigenvalue weighted by molar-refractivity contribution is 0.414. The van der Waals surface area contributed by atoms with E-state index in [0.29, 0.717) is 15.6 Å². The Morgan fingerprint density at radius 3 is 2.38 bits per heavy atom. The van der Waals surface area contributed by atoms with Gasteiger partial charge in [0, 0.05) is 21.7 Å². The largest absolute Gasteiger partial charge is 0.497 e. The molecule has 0 amide bonds. The highest BCUT2D eigenvalue weighted by molar-refractivity contribution is 7.99. The van der Waals surface area contributed by atoms with Crippen molar-refractivity contribution >= 4 is 23.4 Å². The fraction of sp³-hybridized carbons (Fsp3) is 0.0526. The minimum atomic E-state index is 0.545. The molecule has 0 aliphatic rings. The van der Waals surface area contributed by atoms with Gasteiger partial charge in [-0.2, -0.15) is 5.26 Å². The summed E-state index contributed by atoms with van der Waals surface area (Å²) in [5.74, 6) is 0.797. The van der Waals surface area contributed by atoms with E-state index in [-0.39, 0.29) is 0 Å². The number of pyridine rings is 1. The Labute approximate surface area is 149 Å². The van der Waals surface area contributed by atoms with Gasteiger partial charge in [-0.1, -0.05) is 35.5 Å². The first kappa shape index (κ1) is 16.4. The van der Waals surface area contributed by atoms with Gasteiger partial charge in [0.25, 0.3) is 0 Å². The van der Waals surface area contributed by atoms with Gasteiger partial charge in [-0.05, 0) is 48.0 Å². The molecule has 24 heavy (non-hydrogen) atoms. The Kier molecular flexibility index (Phi) is 5.05. The van der Waals surface area contributed by atoms with Crippen LogP contribution in [0.4, 0.5) is 0 Å². The first-order valence-corrected chi connectivity index (χ1v) is 8.37. The zero-order valence-corrected chi connectivity index (χ0v) is 14.4. The predicted molar refractivity (Wildman–Crippen MR) is 96.5 cm³/mol. The number of aromatic nitrogens is 1. The monoisotopic (exact) mass is 352 g/mol. The topological polar surface area (TPSA) is 45.9 Å². The van der Waals surface area contributed by atoms with Crippen LogP contribution in [0, 0.1) is 11.3 Å². The molecule has 0 radical (unpaired) electrons. The number of methoxy groups -OCH3 is 1. The maximum absolute atomic E-state index is 9.45. The third-order valence-corrected chi connectivity index (χ3v) is 4.70. The van der Waals surface area contributed by atoms with Gasteiger partial charge in [-0.15, -0.1) is 0 Å². The van der Waals surface area contributed by atoms with E-state index in [4.69, 9.17) is 16.3 Å². The molecular formula is C19H13ClN2OS. The molecule has 0 saturated carbocycles. The fourth-order valence-corrected chi connectivity index (χ4v) is 3.11. The summed E-state index contributed by atoms with van der Waals surface area (Å²) in [5, 5.41) is 10.8. The Hall–Kier alpha value is -2.48. The first-order chi connectivity index (χ1) is 11.7. The van der Waals surface area contributed by atoms with Gasteiger partial charge in [-0.25, -0.2) is 4.98 Å². The summed E-state index contributed by atoms with van der Waals surface area (Å²) in [6, 6.07) is 19.2. The second-order valence-corrected chi connectivity index (χ2v) is 6.47. The van der Waals surface area contributed by atoms with Crippen LogP contribution in [-0.4, -0.2) is 12.1 Å². The number of halogens is 1. The summed E-state index contributed by atoms with van der Waals surface area (Å²) in [6.07, 6.45) is 1.77. The summed E-state index contributed by atoms with van der Waals surface area (Å²) in [6.45, 7) is 0. The zero-order valence-electron chi connectivity index (χ0n) is 12.9. The van der Waals surface area contributed by atoms with E-state index in [0.717, 1.165) is 21.8 Å². The number of hydrogen-bond donors (Lipinski definition) is 0. The second kappa shape index (κ2) is 7.39. The van der Waals surface area contributed by atoms with Crippen molar-refractivity contribution < 1.29 is 4.74 Å². The lowest BCUT2D eigenvalue weighted by atomic mass is 10.1. The van der Waals surface area contributed by atoms with Crippen molar-refractivity contribution in [1.82, 2.24) is 4.98 Å². The molecule has 1 aromatic heterocycles. The van der Waals surface area contributed by atoms with Gasteiger partial charge < -0.3 is 4.74 Å². The lowest BCUT2D eigenvalue weighted by Gasteiger charge is -2.07. The quantitative estimate of drug-likeness (QED) is 0.627. The van der Waals surface area contributed by atoms with Crippen LogP contribution in [-0.2, 0) is 0 Å². The van der Waals surface area contributed by atoms with Gasteiger partial charge in [-0.3, -0.25) is 0 Å². The third-order valence-electron chi connectivity index (χ3n) is 3.42. The molecule has 0 saturated heterocycles. The van der Waals surface area contributed by atoms with Crippen LogP contribution in [0.1, 0.15) is 5.56 Å². The summed E-state index contributed by atoms with van der Waals surface area (Å²) in [7, 11) is 1.63. The molecule has 0 bridgehead atoms. The molecule has 0 N–H and O–H groups in total. The predicted octanol–water partition coefficient (Wildman–Crippen LogP) is 5.43. The van der Waals surface area contributed by atoms with E-state index in [2.05, 4.69) is 11.1 Å². The van der Waals surface area contributed by atoms with E-state index in [1.54, 1.807) is 13.3 Å². The maximum Gasteiger partial charge on any atom is 0.119 e. The molecular weight excluding hydrogens is 340 g/mol. The molecule has 0 unspecified atom stereocenters. The minimum absolute atomic E-state index is 0.545. The van der Waals surface area contributed by atoms with Crippen LogP contribution >= 0.6 is 23.4 Å². The summed E-state index contributed by atoms with van der Waals surface area (Å²) in [5.41, 5.74) is 2.41. The molecule has 5 heteroatoms. The fourth-order valence-electron chi connectivity index (χ4n) is 2.17. The van der Waals surface area contributed by atoms with Gasteiger partial charge in [0.1, 0.15) is 16.8 Å². The van der Waals surface area contributed by atoms with Gasteiger partial charge in [0.05, 0.1) is 12.7 Å². The van der Waals surface area contributed by atoms with Crippen molar-refractivity contribution in [1.29, 1.82) is 5.26 Å². The minimum Gasteiger partial charge on any atom is -0.497 e. The highest BCUT2D eigenvalue weighted by atomic mass is 35.5. The van der Waals surface area contributed by atoms with Crippen molar-refractivity contribution in [2.75, 3.05) is 7.11 Å². The molecule has 3 rings (SSSR count). The summed E-state index contributed by atoms with van der Waals surface area (Å²) < 4.78 is 5.15. The number of ether oxygens (including phenoxy) is 1. The second-order valence-electron chi connectivity index (χ2n) is 4.97. The molecule has 0 spiro atoms. The Morgan fingerprint density at radius 1 is 1.04 bits per heavy atom. The average molecular weight is 353 g/mol. The van der Waals surface area contributed by atoms with Crippen LogP contribution in [0.2, 0.25) is 5.02 Å². The molecule has 118 valence electrons. The molecule has 3 aromatic rings. The van der Waals surface area contributed by atoms with Crippen LogP contribution in [0.25, 0.3) is 11.1 Å². The van der Waals surface area contributed by atoms with E-state index < -0.39 is 0 Å². The maximum atomic E-state index is 9.45. The Bertz CT molecular complexity index is 887. The number of benzene rings is 2. The van der Waals surface area contributed by atoms with E-state index in [9.17, 15) is 5.26 Å². The lowest BCUT2D eigenvalue weighted by Crippen LogP contribution is -1.89. The molecule has 0 aliphatic carbocycles. The first-order valence-electron chi connectivity index (χ1n) is 7.17. The summed E-state index contributed by atoms with van der Waals surface area (Å²) >= 11 is 7.37. The standard InChI is InChI=1S/C19H13ClN2OS/c1-23-17-6-8-18(9-7-17)24-19-14(11-21)10-15(12-22-19)13-2-4-16(20)5-3-13/h2-10,12H,1H3. The normalized spacial score (nSPS) is 10.2. The molecule has 0 aliphatic heterocycles. The zero-order chi connectivity index (χ0) is 16.9. The van der Waals surface area contributed by atoms with Crippen molar-refractivity contribution in [3.63, 3.8) is 0 Å². The number of rotatable bonds is 4. The third kappa shape index (κ3) is 3.70. The molecule has 3 nitrogen and oxygen atoms in total. The SMILES string of the molecule is COc1ccc(Sc2ncc(-c3ccc(Cl)cc3)cc2C#N)cc1. The van der Waals surface area contributed by atoms with Crippen molar-refractivity contribution in [2.24, 2.45) is 0 Å². The van der Waals surface area contributed by atoms with Crippen molar-refractivity contribution in [3.05, 3.63) is 71.4 Å². The molecule has 0 fully saturated rings. The molecule has 0 atom stereocenters.